The molecule has 1 unspecified atom stereocenters. The third-order valence-electron chi connectivity index (χ3n) is 5.81. The van der Waals surface area contributed by atoms with Gasteiger partial charge in [-0.2, -0.15) is 4.37 Å². The minimum Gasteiger partial charge on any atom is -0.496 e. The molecule has 2 aromatic carbocycles. The van der Waals surface area contributed by atoms with Crippen molar-refractivity contribution in [1.29, 1.82) is 0 Å². The maximum Gasteiger partial charge on any atom is 0.163 e. The summed E-state index contributed by atoms with van der Waals surface area (Å²) in [7, 11) is 4.88. The zero-order valence-electron chi connectivity index (χ0n) is 20.1. The average molecular weight is 469 g/mol. The second-order valence-electron chi connectivity index (χ2n) is 8.46. The van der Waals surface area contributed by atoms with Gasteiger partial charge in [-0.3, -0.25) is 4.79 Å². The fourth-order valence-electron chi connectivity index (χ4n) is 3.81. The summed E-state index contributed by atoms with van der Waals surface area (Å²) in [5.41, 5.74) is 11.7. The number of rotatable bonds is 10. The monoisotopic (exact) mass is 468 g/mol. The average Bonchev–Trinajstić information content (AvgIpc) is 3.28. The van der Waals surface area contributed by atoms with Gasteiger partial charge in [-0.15, -0.1) is 0 Å². The van der Waals surface area contributed by atoms with Crippen LogP contribution in [0.1, 0.15) is 31.4 Å². The van der Waals surface area contributed by atoms with Gasteiger partial charge in [-0.05, 0) is 59.8 Å². The Morgan fingerprint density at radius 3 is 2.39 bits per heavy atom. The molecule has 6 nitrogen and oxygen atoms in total. The molecule has 0 saturated carbocycles. The Labute approximate surface area is 199 Å². The van der Waals surface area contributed by atoms with Gasteiger partial charge in [-0.25, -0.2) is 0 Å². The Hall–Kier alpha value is -2.90. The number of hydrogen-bond acceptors (Lipinski definition) is 7. The number of nitrogens with two attached hydrogens (primary N) is 1. The highest BCUT2D eigenvalue weighted by Crippen LogP contribution is 2.40. The van der Waals surface area contributed by atoms with E-state index in [-0.39, 0.29) is 24.2 Å². The van der Waals surface area contributed by atoms with E-state index in [0.29, 0.717) is 23.7 Å². The number of carbonyl (C=O) groups is 1. The molecule has 0 saturated heterocycles. The van der Waals surface area contributed by atoms with Crippen LogP contribution in [0.25, 0.3) is 22.4 Å². The Kier molecular flexibility index (Phi) is 8.10. The van der Waals surface area contributed by atoms with E-state index in [1.54, 1.807) is 21.3 Å². The maximum absolute atomic E-state index is 12.7. The lowest BCUT2D eigenvalue weighted by Gasteiger charge is -2.16. The minimum atomic E-state index is -0.146. The number of ketones is 1. The van der Waals surface area contributed by atoms with Crippen molar-refractivity contribution in [2.75, 3.05) is 21.3 Å². The molecule has 0 bridgehead atoms. The first-order chi connectivity index (χ1) is 15.8. The molecule has 0 fully saturated rings. The standard InChI is InChI=1S/C26H32N2O4S/c1-15(2)22(27)13-20(29)11-18-10-17(7-8-23(18)30-4)21-14-33-28-25(21)19-9-16(3)26(32-6)24(12-19)31-5/h7-10,12,14-15,22H,11,13,27H2,1-6H3. The van der Waals surface area contributed by atoms with Gasteiger partial charge in [0.25, 0.3) is 0 Å². The van der Waals surface area contributed by atoms with Crippen LogP contribution in [0, 0.1) is 12.8 Å². The number of ether oxygens (including phenoxy) is 3. The van der Waals surface area contributed by atoms with Crippen LogP contribution < -0.4 is 19.9 Å². The molecule has 0 aliphatic heterocycles. The SMILES string of the molecule is COc1ccc(-c2csnc2-c2cc(C)c(OC)c(OC)c2)cc1CC(=O)CC(N)C(C)C. The Morgan fingerprint density at radius 1 is 1.03 bits per heavy atom. The van der Waals surface area contributed by atoms with Gasteiger partial charge in [-0.1, -0.05) is 19.9 Å². The van der Waals surface area contributed by atoms with Crippen LogP contribution in [-0.2, 0) is 11.2 Å². The van der Waals surface area contributed by atoms with E-state index < -0.39 is 0 Å². The number of methoxy groups -OCH3 is 3. The van der Waals surface area contributed by atoms with Gasteiger partial charge in [0.05, 0.1) is 27.0 Å². The molecule has 1 aromatic heterocycles. The fraction of sp³-hybridized carbons (Fsp3) is 0.385. The summed E-state index contributed by atoms with van der Waals surface area (Å²) in [6.45, 7) is 6.04. The van der Waals surface area contributed by atoms with Gasteiger partial charge in [0.15, 0.2) is 11.5 Å². The second-order valence-corrected chi connectivity index (χ2v) is 9.09. The van der Waals surface area contributed by atoms with Crippen LogP contribution in [0.4, 0.5) is 0 Å². The molecule has 33 heavy (non-hydrogen) atoms. The number of benzene rings is 2. The van der Waals surface area contributed by atoms with Crippen LogP contribution in [0.5, 0.6) is 17.2 Å². The molecule has 0 amide bonds. The number of aromatic nitrogens is 1. The number of nitrogens with zero attached hydrogens (tertiary/aromatic N) is 1. The summed E-state index contributed by atoms with van der Waals surface area (Å²) in [6, 6.07) is 9.74. The summed E-state index contributed by atoms with van der Waals surface area (Å²) in [5, 5.41) is 2.02. The Morgan fingerprint density at radius 2 is 1.76 bits per heavy atom. The lowest BCUT2D eigenvalue weighted by atomic mass is 9.94. The summed E-state index contributed by atoms with van der Waals surface area (Å²) in [5.74, 6) is 2.42. The highest BCUT2D eigenvalue weighted by atomic mass is 32.1. The summed E-state index contributed by atoms with van der Waals surface area (Å²) in [6.07, 6.45) is 0.626. The van der Waals surface area contributed by atoms with Gasteiger partial charge in [0, 0.05) is 41.0 Å². The smallest absolute Gasteiger partial charge is 0.163 e. The van der Waals surface area contributed by atoms with Crippen molar-refractivity contribution in [2.24, 2.45) is 11.7 Å². The lowest BCUT2D eigenvalue weighted by molar-refractivity contribution is -0.119. The van der Waals surface area contributed by atoms with Crippen LogP contribution in [-0.4, -0.2) is 37.5 Å². The van der Waals surface area contributed by atoms with Gasteiger partial charge >= 0.3 is 0 Å². The fourth-order valence-corrected chi connectivity index (χ4v) is 4.52. The second kappa shape index (κ2) is 10.8. The molecule has 2 N–H and O–H groups in total. The minimum absolute atomic E-state index is 0.103. The van der Waals surface area contributed by atoms with Crippen molar-refractivity contribution < 1.29 is 19.0 Å². The predicted octanol–water partition coefficient (Wildman–Crippen LogP) is 5.30. The molecule has 0 aliphatic rings. The molecule has 7 heteroatoms. The summed E-state index contributed by atoms with van der Waals surface area (Å²) >= 11 is 1.39. The van der Waals surface area contributed by atoms with Crippen LogP contribution in [0.3, 0.4) is 0 Å². The van der Waals surface area contributed by atoms with Crippen LogP contribution in [0.2, 0.25) is 0 Å². The highest BCUT2D eigenvalue weighted by molar-refractivity contribution is 7.04. The molecule has 0 spiro atoms. The van der Waals surface area contributed by atoms with E-state index in [1.165, 1.54) is 11.5 Å². The van der Waals surface area contributed by atoms with E-state index >= 15 is 0 Å². The highest BCUT2D eigenvalue weighted by Gasteiger charge is 2.19. The van der Waals surface area contributed by atoms with Gasteiger partial charge < -0.3 is 19.9 Å². The first kappa shape index (κ1) is 24.7. The van der Waals surface area contributed by atoms with Crippen molar-refractivity contribution in [3.63, 3.8) is 0 Å². The van der Waals surface area contributed by atoms with Crippen molar-refractivity contribution in [3.05, 3.63) is 46.8 Å². The molecule has 3 aromatic rings. The molecule has 176 valence electrons. The third-order valence-corrected chi connectivity index (χ3v) is 6.44. The molecule has 1 heterocycles. The molecule has 1 atom stereocenters. The number of hydrogen-bond donors (Lipinski definition) is 1. The van der Waals surface area contributed by atoms with Crippen molar-refractivity contribution >= 4 is 17.3 Å². The largest absolute Gasteiger partial charge is 0.496 e. The van der Waals surface area contributed by atoms with Gasteiger partial charge in [0.1, 0.15) is 11.5 Å². The van der Waals surface area contributed by atoms with E-state index in [9.17, 15) is 4.79 Å². The summed E-state index contributed by atoms with van der Waals surface area (Å²) < 4.78 is 21.2. The van der Waals surface area contributed by atoms with E-state index in [0.717, 1.165) is 33.5 Å². The molecular formula is C26H32N2O4S. The van der Waals surface area contributed by atoms with Gasteiger partial charge in [0.2, 0.25) is 0 Å². The van der Waals surface area contributed by atoms with E-state index in [1.807, 2.05) is 56.5 Å². The first-order valence-electron chi connectivity index (χ1n) is 10.9. The van der Waals surface area contributed by atoms with Crippen molar-refractivity contribution in [2.45, 2.75) is 39.7 Å². The van der Waals surface area contributed by atoms with E-state index in [4.69, 9.17) is 19.9 Å². The first-order valence-corrected chi connectivity index (χ1v) is 11.7. The quantitative estimate of drug-likeness (QED) is 0.435. The predicted molar refractivity (Wildman–Crippen MR) is 134 cm³/mol. The number of carbonyl (C=O) groups excluding carboxylic acids is 1. The van der Waals surface area contributed by atoms with Crippen LogP contribution in [0.15, 0.2) is 35.7 Å². The van der Waals surface area contributed by atoms with E-state index in [2.05, 4.69) is 4.37 Å². The molecule has 0 radical (unpaired) electrons. The third kappa shape index (κ3) is 5.54. The normalized spacial score (nSPS) is 12.0. The lowest BCUT2D eigenvalue weighted by Crippen LogP contribution is -2.29. The van der Waals surface area contributed by atoms with Crippen molar-refractivity contribution in [3.8, 4) is 39.6 Å². The molecular weight excluding hydrogens is 436 g/mol. The zero-order valence-corrected chi connectivity index (χ0v) is 20.9. The number of aryl methyl sites for hydroxylation is 1. The maximum atomic E-state index is 12.7. The Balaban J connectivity index is 1.98. The van der Waals surface area contributed by atoms with Crippen molar-refractivity contribution in [1.82, 2.24) is 4.37 Å². The molecule has 0 aliphatic carbocycles. The molecule has 3 rings (SSSR count). The number of Topliss-reactive ketones (excluding diaryl/α,β-unsaturated/α-hetero) is 1. The van der Waals surface area contributed by atoms with Crippen LogP contribution >= 0.6 is 11.5 Å². The Bertz CT molecular complexity index is 1120. The topological polar surface area (TPSA) is 83.7 Å². The summed E-state index contributed by atoms with van der Waals surface area (Å²) in [4.78, 5) is 12.7. The zero-order chi connectivity index (χ0) is 24.1.